The molecule has 9 heteroatoms. The molecule has 1 saturated heterocycles. The van der Waals surface area contributed by atoms with Crippen molar-refractivity contribution < 1.29 is 28.5 Å². The molecule has 4 aromatic rings. The van der Waals surface area contributed by atoms with Crippen molar-refractivity contribution in [3.05, 3.63) is 59.5 Å². The number of β-amino-alcohol motifs (C(OH)–C–C–N with tert-alkyl or cyclic N) is 1. The second-order valence-electron chi connectivity index (χ2n) is 9.44. The normalized spacial score (nSPS) is 17.3. The summed E-state index contributed by atoms with van der Waals surface area (Å²) in [6.07, 6.45) is 2.56. The van der Waals surface area contributed by atoms with Gasteiger partial charge in [-0.15, -0.1) is 10.2 Å². The van der Waals surface area contributed by atoms with Gasteiger partial charge in [0.2, 0.25) is 5.89 Å². The number of fused-ring (bicyclic) bond motifs is 2. The lowest BCUT2D eigenvalue weighted by Gasteiger charge is -2.33. The van der Waals surface area contributed by atoms with Gasteiger partial charge in [-0.3, -0.25) is 0 Å². The average Bonchev–Trinajstić information content (AvgIpc) is 3.66. The fourth-order valence-corrected chi connectivity index (χ4v) is 5.13. The number of ether oxygens (including phenoxy) is 2. The summed E-state index contributed by atoms with van der Waals surface area (Å²) in [4.78, 5) is 2.31. The maximum atomic E-state index is 10.7. The first-order chi connectivity index (χ1) is 17.7. The lowest BCUT2D eigenvalue weighted by molar-refractivity contribution is 0.0599. The van der Waals surface area contributed by atoms with Gasteiger partial charge in [-0.2, -0.15) is 0 Å². The van der Waals surface area contributed by atoms with E-state index < -0.39 is 6.10 Å². The van der Waals surface area contributed by atoms with Crippen molar-refractivity contribution in [2.24, 2.45) is 0 Å². The minimum Gasteiger partial charge on any atom is -0.493 e. The summed E-state index contributed by atoms with van der Waals surface area (Å²) in [6, 6.07) is 13.9. The van der Waals surface area contributed by atoms with Crippen LogP contribution < -0.4 is 9.47 Å². The van der Waals surface area contributed by atoms with Crippen molar-refractivity contribution >= 4 is 11.0 Å². The highest BCUT2D eigenvalue weighted by molar-refractivity contribution is 5.87. The number of furan rings is 1. The average molecular weight is 492 g/mol. The third kappa shape index (κ3) is 4.69. The van der Waals surface area contributed by atoms with Crippen molar-refractivity contribution in [2.75, 3.05) is 32.8 Å². The van der Waals surface area contributed by atoms with E-state index >= 15 is 0 Å². The number of likely N-dealkylation sites (tertiary alicyclic amines) is 1. The molecule has 2 aliphatic rings. The minimum absolute atomic E-state index is 0.121. The second kappa shape index (κ2) is 9.93. The molecule has 2 N–H and O–H groups in total. The Morgan fingerprint density at radius 2 is 1.97 bits per heavy atom. The molecule has 2 aliphatic heterocycles. The molecule has 9 nitrogen and oxygen atoms in total. The monoisotopic (exact) mass is 491 g/mol. The van der Waals surface area contributed by atoms with E-state index in [4.69, 9.17) is 23.4 Å². The van der Waals surface area contributed by atoms with E-state index in [0.29, 0.717) is 29.6 Å². The van der Waals surface area contributed by atoms with E-state index in [9.17, 15) is 5.11 Å². The van der Waals surface area contributed by atoms with Gasteiger partial charge in [-0.1, -0.05) is 18.2 Å². The molecular formula is C27H29N3O6. The zero-order chi connectivity index (χ0) is 24.5. The molecule has 0 bridgehead atoms. The Morgan fingerprint density at radius 3 is 2.81 bits per heavy atom. The number of benzene rings is 2. The van der Waals surface area contributed by atoms with Gasteiger partial charge in [0.15, 0.2) is 5.76 Å². The summed E-state index contributed by atoms with van der Waals surface area (Å²) in [7, 11) is 0. The van der Waals surface area contributed by atoms with Crippen LogP contribution in [-0.4, -0.2) is 64.3 Å². The van der Waals surface area contributed by atoms with Crippen LogP contribution in [0.4, 0.5) is 0 Å². The molecule has 0 aliphatic carbocycles. The Hall–Kier alpha value is -3.40. The molecule has 188 valence electrons. The SMILES string of the molecule is OCc1nnc(-c2cc3c(OC[C@@H](O)CN4CCC(c5ccc6c(c5)CCO6)CC4)cccc3o2)o1. The smallest absolute Gasteiger partial charge is 0.283 e. The summed E-state index contributed by atoms with van der Waals surface area (Å²) < 4.78 is 22.8. The van der Waals surface area contributed by atoms with Crippen molar-refractivity contribution in [1.29, 1.82) is 0 Å². The van der Waals surface area contributed by atoms with Gasteiger partial charge in [0, 0.05) is 19.0 Å². The first-order valence-corrected chi connectivity index (χ1v) is 12.4. The molecule has 0 saturated carbocycles. The number of aliphatic hydroxyl groups excluding tert-OH is 2. The predicted octanol–water partition coefficient (Wildman–Crippen LogP) is 3.53. The molecular weight excluding hydrogens is 462 g/mol. The lowest BCUT2D eigenvalue weighted by Crippen LogP contribution is -2.40. The van der Waals surface area contributed by atoms with Crippen molar-refractivity contribution in [3.63, 3.8) is 0 Å². The predicted molar refractivity (Wildman–Crippen MR) is 131 cm³/mol. The van der Waals surface area contributed by atoms with E-state index in [-0.39, 0.29) is 25.0 Å². The van der Waals surface area contributed by atoms with E-state index in [0.717, 1.165) is 50.1 Å². The minimum atomic E-state index is -0.608. The number of aromatic nitrogens is 2. The second-order valence-corrected chi connectivity index (χ2v) is 9.44. The Kier molecular flexibility index (Phi) is 6.35. The van der Waals surface area contributed by atoms with Gasteiger partial charge in [0.05, 0.1) is 12.0 Å². The molecule has 2 aromatic heterocycles. The number of piperidine rings is 1. The molecule has 1 atom stereocenters. The first-order valence-electron chi connectivity index (χ1n) is 12.4. The summed E-state index contributed by atoms with van der Waals surface area (Å²) >= 11 is 0. The molecule has 1 fully saturated rings. The maximum Gasteiger partial charge on any atom is 0.283 e. The Labute approximate surface area is 208 Å². The zero-order valence-corrected chi connectivity index (χ0v) is 19.9. The molecule has 6 rings (SSSR count). The maximum absolute atomic E-state index is 10.7. The van der Waals surface area contributed by atoms with Crippen LogP contribution in [0.5, 0.6) is 11.5 Å². The Morgan fingerprint density at radius 1 is 1.08 bits per heavy atom. The van der Waals surface area contributed by atoms with Gasteiger partial charge in [-0.05, 0) is 61.2 Å². The van der Waals surface area contributed by atoms with Crippen LogP contribution in [0.25, 0.3) is 22.6 Å². The van der Waals surface area contributed by atoms with Gasteiger partial charge < -0.3 is 33.4 Å². The van der Waals surface area contributed by atoms with Gasteiger partial charge in [-0.25, -0.2) is 0 Å². The topological polar surface area (TPSA) is 114 Å². The van der Waals surface area contributed by atoms with Gasteiger partial charge >= 0.3 is 0 Å². The third-order valence-corrected chi connectivity index (χ3v) is 7.01. The molecule has 0 spiro atoms. The summed E-state index contributed by atoms with van der Waals surface area (Å²) in [6.45, 7) is 3.12. The number of nitrogens with zero attached hydrogens (tertiary/aromatic N) is 3. The summed E-state index contributed by atoms with van der Waals surface area (Å²) in [5.41, 5.74) is 3.35. The van der Waals surface area contributed by atoms with Crippen LogP contribution in [-0.2, 0) is 13.0 Å². The van der Waals surface area contributed by atoms with Crippen molar-refractivity contribution in [3.8, 4) is 23.1 Å². The number of hydrogen-bond acceptors (Lipinski definition) is 9. The van der Waals surface area contributed by atoms with Crippen LogP contribution >= 0.6 is 0 Å². The molecule has 4 heterocycles. The molecule has 0 amide bonds. The fourth-order valence-electron chi connectivity index (χ4n) is 5.13. The van der Waals surface area contributed by atoms with Crippen LogP contribution in [0, 0.1) is 0 Å². The fraction of sp³-hybridized carbons (Fsp3) is 0.407. The highest BCUT2D eigenvalue weighted by Crippen LogP contribution is 2.34. The van der Waals surface area contributed by atoms with Crippen LogP contribution in [0.15, 0.2) is 51.3 Å². The van der Waals surface area contributed by atoms with E-state index in [1.165, 1.54) is 11.1 Å². The highest BCUT2D eigenvalue weighted by Gasteiger charge is 2.24. The number of hydrogen-bond donors (Lipinski definition) is 2. The van der Waals surface area contributed by atoms with Crippen molar-refractivity contribution in [2.45, 2.75) is 37.9 Å². The molecule has 0 unspecified atom stereocenters. The van der Waals surface area contributed by atoms with Crippen LogP contribution in [0.2, 0.25) is 0 Å². The van der Waals surface area contributed by atoms with Crippen LogP contribution in [0.3, 0.4) is 0 Å². The van der Waals surface area contributed by atoms with Crippen molar-refractivity contribution in [1.82, 2.24) is 15.1 Å². The van der Waals surface area contributed by atoms with Gasteiger partial charge in [0.25, 0.3) is 5.89 Å². The first kappa shape index (κ1) is 23.0. The van der Waals surface area contributed by atoms with Gasteiger partial charge in [0.1, 0.15) is 36.4 Å². The quantitative estimate of drug-likeness (QED) is 0.382. The van der Waals surface area contributed by atoms with E-state index in [1.54, 1.807) is 6.07 Å². The van der Waals surface area contributed by atoms with Crippen LogP contribution in [0.1, 0.15) is 35.8 Å². The van der Waals surface area contributed by atoms with E-state index in [1.807, 2.05) is 18.2 Å². The summed E-state index contributed by atoms with van der Waals surface area (Å²) in [5.74, 6) is 2.91. The third-order valence-electron chi connectivity index (χ3n) is 7.01. The molecule has 0 radical (unpaired) electrons. The highest BCUT2D eigenvalue weighted by atomic mass is 16.5. The Bertz CT molecular complexity index is 1340. The lowest BCUT2D eigenvalue weighted by atomic mass is 9.88. The standard InChI is InChI=1S/C27H29N3O6/c31-15-26-28-29-27(36-26)25-13-21-23(2-1-3-24(21)35-25)34-16-20(32)14-30-9-6-17(7-10-30)18-4-5-22-19(12-18)8-11-33-22/h1-5,12-13,17,20,31-32H,6-11,14-16H2/t20-/m0/s1. The Balaban J connectivity index is 1.03. The van der Waals surface area contributed by atoms with E-state index in [2.05, 4.69) is 33.3 Å². The molecule has 2 aromatic carbocycles. The molecule has 36 heavy (non-hydrogen) atoms. The number of rotatable bonds is 8. The number of aliphatic hydroxyl groups is 2. The summed E-state index contributed by atoms with van der Waals surface area (Å²) in [5, 5.41) is 28.2. The largest absolute Gasteiger partial charge is 0.493 e. The zero-order valence-electron chi connectivity index (χ0n) is 19.9.